The van der Waals surface area contributed by atoms with Crippen LogP contribution >= 0.6 is 0 Å². The fraction of sp³-hybridized carbons (Fsp3) is 0.500. The Balaban J connectivity index is 2.87. The first kappa shape index (κ1) is 12.1. The second kappa shape index (κ2) is 5.24. The van der Waals surface area contributed by atoms with Crippen LogP contribution in [0.4, 0.5) is 4.39 Å². The third kappa shape index (κ3) is 3.01. The molecule has 0 spiro atoms. The van der Waals surface area contributed by atoms with Gasteiger partial charge in [0.15, 0.2) is 0 Å². The SMILES string of the molecule is CC(C)C(CO)C(N)c1cccc(F)c1. The van der Waals surface area contributed by atoms with E-state index in [1.165, 1.54) is 12.1 Å². The molecular formula is C12H18FNO. The Morgan fingerprint density at radius 3 is 2.53 bits per heavy atom. The van der Waals surface area contributed by atoms with Crippen molar-refractivity contribution >= 4 is 0 Å². The van der Waals surface area contributed by atoms with Crippen molar-refractivity contribution in [2.75, 3.05) is 6.61 Å². The first-order valence-corrected chi connectivity index (χ1v) is 5.18. The predicted molar refractivity (Wildman–Crippen MR) is 58.7 cm³/mol. The Morgan fingerprint density at radius 2 is 2.07 bits per heavy atom. The number of benzene rings is 1. The van der Waals surface area contributed by atoms with Crippen LogP contribution in [-0.2, 0) is 0 Å². The molecular weight excluding hydrogens is 193 g/mol. The lowest BCUT2D eigenvalue weighted by molar-refractivity contribution is 0.166. The van der Waals surface area contributed by atoms with Crippen molar-refractivity contribution in [3.63, 3.8) is 0 Å². The Morgan fingerprint density at radius 1 is 1.40 bits per heavy atom. The number of nitrogens with two attached hydrogens (primary N) is 1. The zero-order chi connectivity index (χ0) is 11.4. The Kier molecular flexibility index (Phi) is 4.24. The molecule has 84 valence electrons. The second-order valence-corrected chi connectivity index (χ2v) is 4.17. The van der Waals surface area contributed by atoms with Gasteiger partial charge in [-0.2, -0.15) is 0 Å². The summed E-state index contributed by atoms with van der Waals surface area (Å²) in [7, 11) is 0. The molecule has 1 rings (SSSR count). The van der Waals surface area contributed by atoms with Gasteiger partial charge in [-0.3, -0.25) is 0 Å². The third-order valence-corrected chi connectivity index (χ3v) is 2.76. The van der Waals surface area contributed by atoms with Gasteiger partial charge in [0, 0.05) is 18.6 Å². The molecule has 0 radical (unpaired) electrons. The van der Waals surface area contributed by atoms with Crippen molar-refractivity contribution in [2.45, 2.75) is 19.9 Å². The summed E-state index contributed by atoms with van der Waals surface area (Å²) in [6, 6.07) is 5.93. The minimum atomic E-state index is -0.314. The van der Waals surface area contributed by atoms with E-state index in [9.17, 15) is 9.50 Å². The van der Waals surface area contributed by atoms with Gasteiger partial charge in [0.2, 0.25) is 0 Å². The summed E-state index contributed by atoms with van der Waals surface area (Å²) in [6.45, 7) is 4.02. The van der Waals surface area contributed by atoms with Crippen molar-refractivity contribution in [3.8, 4) is 0 Å². The Hall–Kier alpha value is -0.930. The quantitative estimate of drug-likeness (QED) is 0.801. The highest BCUT2D eigenvalue weighted by Crippen LogP contribution is 2.25. The van der Waals surface area contributed by atoms with E-state index >= 15 is 0 Å². The summed E-state index contributed by atoms with van der Waals surface area (Å²) >= 11 is 0. The molecule has 0 aromatic heterocycles. The average molecular weight is 211 g/mol. The van der Waals surface area contributed by atoms with Crippen LogP contribution in [0, 0.1) is 17.7 Å². The number of halogens is 1. The van der Waals surface area contributed by atoms with Crippen LogP contribution < -0.4 is 5.73 Å². The molecule has 3 heteroatoms. The van der Waals surface area contributed by atoms with Crippen LogP contribution in [-0.4, -0.2) is 11.7 Å². The first-order valence-electron chi connectivity index (χ1n) is 5.18. The van der Waals surface area contributed by atoms with Gasteiger partial charge in [0.25, 0.3) is 0 Å². The summed E-state index contributed by atoms with van der Waals surface area (Å²) in [5.41, 5.74) is 6.73. The van der Waals surface area contributed by atoms with E-state index in [2.05, 4.69) is 0 Å². The fourth-order valence-electron chi connectivity index (χ4n) is 1.70. The summed E-state index contributed by atoms with van der Waals surface area (Å²) in [5, 5.41) is 9.22. The van der Waals surface area contributed by atoms with Crippen molar-refractivity contribution in [1.82, 2.24) is 0 Å². The smallest absolute Gasteiger partial charge is 0.123 e. The number of rotatable bonds is 4. The highest BCUT2D eigenvalue weighted by atomic mass is 19.1. The molecule has 0 aliphatic heterocycles. The Labute approximate surface area is 89.9 Å². The number of hydrogen-bond acceptors (Lipinski definition) is 2. The standard InChI is InChI=1S/C12H18FNO/c1-8(2)11(7-15)12(14)9-4-3-5-10(13)6-9/h3-6,8,11-12,15H,7,14H2,1-2H3. The lowest BCUT2D eigenvalue weighted by atomic mass is 9.86. The number of aliphatic hydroxyl groups excluding tert-OH is 1. The van der Waals surface area contributed by atoms with Gasteiger partial charge in [-0.05, 0) is 23.6 Å². The summed E-state index contributed by atoms with van der Waals surface area (Å²) in [4.78, 5) is 0. The Bertz CT molecular complexity index is 314. The van der Waals surface area contributed by atoms with E-state index in [0.717, 1.165) is 5.56 Å². The molecule has 3 N–H and O–H groups in total. The van der Waals surface area contributed by atoms with Crippen LogP contribution in [0.5, 0.6) is 0 Å². The summed E-state index contributed by atoms with van der Waals surface area (Å²) < 4.78 is 13.0. The van der Waals surface area contributed by atoms with Crippen molar-refractivity contribution in [3.05, 3.63) is 35.6 Å². The van der Waals surface area contributed by atoms with Gasteiger partial charge in [0.05, 0.1) is 0 Å². The maximum atomic E-state index is 13.0. The minimum Gasteiger partial charge on any atom is -0.396 e. The monoisotopic (exact) mass is 211 g/mol. The van der Waals surface area contributed by atoms with Gasteiger partial charge in [-0.15, -0.1) is 0 Å². The van der Waals surface area contributed by atoms with E-state index in [1.54, 1.807) is 12.1 Å². The number of hydrogen-bond donors (Lipinski definition) is 2. The lowest BCUT2D eigenvalue weighted by Gasteiger charge is -2.25. The molecule has 1 aromatic rings. The van der Waals surface area contributed by atoms with Gasteiger partial charge in [-0.1, -0.05) is 26.0 Å². The van der Waals surface area contributed by atoms with Gasteiger partial charge >= 0.3 is 0 Å². The topological polar surface area (TPSA) is 46.2 Å². The molecule has 0 heterocycles. The number of aliphatic hydroxyl groups is 1. The zero-order valence-electron chi connectivity index (χ0n) is 9.15. The van der Waals surface area contributed by atoms with Crippen LogP contribution in [0.3, 0.4) is 0 Å². The molecule has 0 amide bonds. The minimum absolute atomic E-state index is 0.0232. The highest BCUT2D eigenvalue weighted by Gasteiger charge is 2.22. The van der Waals surface area contributed by atoms with Crippen molar-refractivity contribution in [1.29, 1.82) is 0 Å². The summed E-state index contributed by atoms with van der Waals surface area (Å²) in [5.74, 6) is -0.0523. The molecule has 1 aromatic carbocycles. The molecule has 2 nitrogen and oxygen atoms in total. The maximum Gasteiger partial charge on any atom is 0.123 e. The molecule has 0 bridgehead atoms. The first-order chi connectivity index (χ1) is 7.06. The van der Waals surface area contributed by atoms with Crippen molar-refractivity contribution < 1.29 is 9.50 Å². The molecule has 2 atom stereocenters. The van der Waals surface area contributed by atoms with Crippen LogP contribution in [0.15, 0.2) is 24.3 Å². The molecule has 0 saturated heterocycles. The molecule has 0 saturated carbocycles. The highest BCUT2D eigenvalue weighted by molar-refractivity contribution is 5.20. The summed E-state index contributed by atoms with van der Waals surface area (Å²) in [6.07, 6.45) is 0. The van der Waals surface area contributed by atoms with E-state index in [1.807, 2.05) is 13.8 Å². The molecule has 15 heavy (non-hydrogen) atoms. The zero-order valence-corrected chi connectivity index (χ0v) is 9.15. The molecule has 0 aliphatic carbocycles. The van der Waals surface area contributed by atoms with E-state index in [4.69, 9.17) is 5.73 Å². The van der Waals surface area contributed by atoms with E-state index in [0.29, 0.717) is 0 Å². The molecule has 2 unspecified atom stereocenters. The van der Waals surface area contributed by atoms with E-state index < -0.39 is 0 Å². The second-order valence-electron chi connectivity index (χ2n) is 4.17. The van der Waals surface area contributed by atoms with Crippen LogP contribution in [0.1, 0.15) is 25.5 Å². The largest absolute Gasteiger partial charge is 0.396 e. The van der Waals surface area contributed by atoms with Gasteiger partial charge in [-0.25, -0.2) is 4.39 Å². The van der Waals surface area contributed by atoms with Crippen LogP contribution in [0.25, 0.3) is 0 Å². The maximum absolute atomic E-state index is 13.0. The lowest BCUT2D eigenvalue weighted by Crippen LogP contribution is -2.28. The fourth-order valence-corrected chi connectivity index (χ4v) is 1.70. The van der Waals surface area contributed by atoms with Gasteiger partial charge in [0.1, 0.15) is 5.82 Å². The van der Waals surface area contributed by atoms with Crippen LogP contribution in [0.2, 0.25) is 0 Å². The van der Waals surface area contributed by atoms with Crippen molar-refractivity contribution in [2.24, 2.45) is 17.6 Å². The predicted octanol–water partition coefficient (Wildman–Crippen LogP) is 2.09. The van der Waals surface area contributed by atoms with Gasteiger partial charge < -0.3 is 10.8 Å². The molecule has 0 fully saturated rings. The van der Waals surface area contributed by atoms with E-state index in [-0.39, 0.29) is 30.3 Å². The molecule has 0 aliphatic rings. The average Bonchev–Trinajstić information content (AvgIpc) is 2.18. The third-order valence-electron chi connectivity index (χ3n) is 2.76. The normalized spacial score (nSPS) is 15.3.